The van der Waals surface area contributed by atoms with Crippen LogP contribution in [0.25, 0.3) is 6.08 Å². The molecule has 0 aromatic heterocycles. The van der Waals surface area contributed by atoms with Gasteiger partial charge in [0, 0.05) is 0 Å². The second kappa shape index (κ2) is 6.46. The Labute approximate surface area is 106 Å². The zero-order valence-electron chi connectivity index (χ0n) is 9.38. The summed E-state index contributed by atoms with van der Waals surface area (Å²) in [5.41, 5.74) is 6.65. The molecule has 86 valence electrons. The lowest BCUT2D eigenvalue weighted by atomic mass is 10.2. The lowest BCUT2D eigenvalue weighted by Gasteiger charge is -1.98. The molecule has 0 spiro atoms. The van der Waals surface area contributed by atoms with Gasteiger partial charge in [-0.1, -0.05) is 36.5 Å². The third kappa shape index (κ3) is 4.09. The van der Waals surface area contributed by atoms with Crippen molar-refractivity contribution in [1.29, 1.82) is 5.26 Å². The van der Waals surface area contributed by atoms with E-state index in [0.29, 0.717) is 5.57 Å². The number of nitriles is 1. The average Bonchev–Trinajstić information content (AvgIpc) is 2.35. The van der Waals surface area contributed by atoms with Gasteiger partial charge >= 0.3 is 0 Å². The summed E-state index contributed by atoms with van der Waals surface area (Å²) in [7, 11) is 1.62. The molecule has 0 heterocycles. The van der Waals surface area contributed by atoms with Gasteiger partial charge in [0.2, 0.25) is 0 Å². The maximum Gasteiger partial charge on any atom is 0.118 e. The molecule has 2 N–H and O–H groups in total. The molecule has 0 bridgehead atoms. The minimum atomic E-state index is 0.104. The highest BCUT2D eigenvalue weighted by Crippen LogP contribution is 2.12. The molecule has 0 saturated carbocycles. The second-order valence-electron chi connectivity index (χ2n) is 3.19. The first-order valence-corrected chi connectivity index (χ1v) is 5.30. The van der Waals surface area contributed by atoms with Gasteiger partial charge in [-0.2, -0.15) is 5.26 Å². The maximum atomic E-state index is 8.73. The predicted molar refractivity (Wildman–Crippen MR) is 72.5 cm³/mol. The highest BCUT2D eigenvalue weighted by atomic mass is 32.1. The van der Waals surface area contributed by atoms with Crippen LogP contribution < -0.4 is 10.5 Å². The van der Waals surface area contributed by atoms with E-state index in [9.17, 15) is 0 Å². The molecule has 17 heavy (non-hydrogen) atoms. The van der Waals surface area contributed by atoms with Gasteiger partial charge in [0.1, 0.15) is 16.8 Å². The van der Waals surface area contributed by atoms with Gasteiger partial charge in [0.05, 0.1) is 12.7 Å². The SMILES string of the molecule is COc1ccc(/C=C/C=C(\C#N)C(N)=S)cc1. The fraction of sp³-hybridized carbons (Fsp3) is 0.0769. The number of thiocarbonyl (C=S) groups is 1. The third-order valence-electron chi connectivity index (χ3n) is 2.05. The number of benzene rings is 1. The normalized spacial score (nSPS) is 11.2. The van der Waals surface area contributed by atoms with E-state index >= 15 is 0 Å². The Hall–Kier alpha value is -2.12. The Balaban J connectivity index is 2.77. The monoisotopic (exact) mass is 244 g/mol. The van der Waals surface area contributed by atoms with Gasteiger partial charge < -0.3 is 10.5 Å². The Morgan fingerprint density at radius 3 is 2.53 bits per heavy atom. The minimum absolute atomic E-state index is 0.104. The van der Waals surface area contributed by atoms with E-state index in [-0.39, 0.29) is 4.99 Å². The summed E-state index contributed by atoms with van der Waals surface area (Å²) in [5.74, 6) is 0.804. The fourth-order valence-corrected chi connectivity index (χ4v) is 1.26. The van der Waals surface area contributed by atoms with Crippen LogP contribution in [0.1, 0.15) is 5.56 Å². The van der Waals surface area contributed by atoms with Crippen molar-refractivity contribution in [3.63, 3.8) is 0 Å². The van der Waals surface area contributed by atoms with Crippen molar-refractivity contribution in [3.8, 4) is 11.8 Å². The molecule has 1 aromatic carbocycles. The summed E-state index contributed by atoms with van der Waals surface area (Å²) < 4.78 is 5.05. The molecular weight excluding hydrogens is 232 g/mol. The first-order chi connectivity index (χ1) is 8.17. The van der Waals surface area contributed by atoms with Gasteiger partial charge in [0.15, 0.2) is 0 Å². The number of hydrogen-bond donors (Lipinski definition) is 1. The first-order valence-electron chi connectivity index (χ1n) is 4.89. The molecule has 4 heteroatoms. The standard InChI is InChI=1S/C13H12N2OS/c1-16-12-7-5-10(6-8-12)3-2-4-11(9-14)13(15)17/h2-8H,1H3,(H2,15,17)/b3-2+,11-4+. The Bertz CT molecular complexity index is 495. The van der Waals surface area contributed by atoms with Gasteiger partial charge in [-0.05, 0) is 23.8 Å². The van der Waals surface area contributed by atoms with Crippen LogP contribution in [0.15, 0.2) is 42.0 Å². The number of methoxy groups -OCH3 is 1. The van der Waals surface area contributed by atoms with E-state index in [1.165, 1.54) is 0 Å². The van der Waals surface area contributed by atoms with Crippen LogP contribution in [0.2, 0.25) is 0 Å². The zero-order chi connectivity index (χ0) is 12.7. The van der Waals surface area contributed by atoms with Gasteiger partial charge in [-0.15, -0.1) is 0 Å². The zero-order valence-corrected chi connectivity index (χ0v) is 10.2. The largest absolute Gasteiger partial charge is 0.497 e. The van der Waals surface area contributed by atoms with Crippen molar-refractivity contribution in [2.24, 2.45) is 5.73 Å². The Morgan fingerprint density at radius 1 is 1.41 bits per heavy atom. The number of allylic oxidation sites excluding steroid dienone is 2. The molecule has 3 nitrogen and oxygen atoms in total. The summed E-state index contributed by atoms with van der Waals surface area (Å²) in [6.07, 6.45) is 5.18. The van der Waals surface area contributed by atoms with Crippen molar-refractivity contribution in [1.82, 2.24) is 0 Å². The first kappa shape index (κ1) is 12.9. The van der Waals surface area contributed by atoms with Crippen molar-refractivity contribution in [2.45, 2.75) is 0 Å². The van der Waals surface area contributed by atoms with Crippen molar-refractivity contribution >= 4 is 23.3 Å². The van der Waals surface area contributed by atoms with Crippen LogP contribution in [0.5, 0.6) is 5.75 Å². The van der Waals surface area contributed by atoms with Gasteiger partial charge in [-0.25, -0.2) is 0 Å². The quantitative estimate of drug-likeness (QED) is 0.382. The van der Waals surface area contributed by atoms with E-state index in [4.69, 9.17) is 28.0 Å². The summed E-state index contributed by atoms with van der Waals surface area (Å²) in [4.78, 5) is 0.104. The summed E-state index contributed by atoms with van der Waals surface area (Å²) >= 11 is 4.72. The fourth-order valence-electron chi connectivity index (χ4n) is 1.14. The summed E-state index contributed by atoms with van der Waals surface area (Å²) in [6, 6.07) is 9.48. The highest BCUT2D eigenvalue weighted by Gasteiger charge is 1.95. The third-order valence-corrected chi connectivity index (χ3v) is 2.27. The van der Waals surface area contributed by atoms with Gasteiger partial charge in [0.25, 0.3) is 0 Å². The Morgan fingerprint density at radius 2 is 2.06 bits per heavy atom. The Kier molecular flexibility index (Phi) is 4.92. The lowest BCUT2D eigenvalue weighted by Crippen LogP contribution is -2.09. The molecule has 1 rings (SSSR count). The van der Waals surface area contributed by atoms with Crippen LogP contribution in [-0.2, 0) is 0 Å². The molecule has 0 atom stereocenters. The highest BCUT2D eigenvalue weighted by molar-refractivity contribution is 7.80. The average molecular weight is 244 g/mol. The molecule has 0 radical (unpaired) electrons. The molecule has 0 fully saturated rings. The van der Waals surface area contributed by atoms with Crippen molar-refractivity contribution in [3.05, 3.63) is 47.6 Å². The smallest absolute Gasteiger partial charge is 0.118 e. The van der Waals surface area contributed by atoms with Crippen LogP contribution in [0.4, 0.5) is 0 Å². The molecule has 0 aliphatic carbocycles. The number of ether oxygens (including phenoxy) is 1. The predicted octanol–water partition coefficient (Wildman–Crippen LogP) is 2.44. The van der Waals surface area contributed by atoms with Crippen LogP contribution in [-0.4, -0.2) is 12.1 Å². The summed E-state index contributed by atoms with van der Waals surface area (Å²) in [5, 5.41) is 8.73. The van der Waals surface area contributed by atoms with Crippen molar-refractivity contribution in [2.75, 3.05) is 7.11 Å². The van der Waals surface area contributed by atoms with E-state index in [1.54, 1.807) is 19.3 Å². The molecule has 0 saturated heterocycles. The maximum absolute atomic E-state index is 8.73. The van der Waals surface area contributed by atoms with Crippen molar-refractivity contribution < 1.29 is 4.74 Å². The summed E-state index contributed by atoms with van der Waals surface area (Å²) in [6.45, 7) is 0. The lowest BCUT2D eigenvalue weighted by molar-refractivity contribution is 0.415. The number of rotatable bonds is 4. The number of nitrogens with two attached hydrogens (primary N) is 1. The molecule has 0 unspecified atom stereocenters. The van der Waals surface area contributed by atoms with E-state index in [1.807, 2.05) is 36.4 Å². The van der Waals surface area contributed by atoms with Gasteiger partial charge in [-0.3, -0.25) is 0 Å². The molecule has 0 aliphatic heterocycles. The van der Waals surface area contributed by atoms with Crippen LogP contribution in [0.3, 0.4) is 0 Å². The second-order valence-corrected chi connectivity index (χ2v) is 3.63. The molecule has 0 amide bonds. The molecule has 0 aliphatic rings. The van der Waals surface area contributed by atoms with E-state index < -0.39 is 0 Å². The number of hydrogen-bond acceptors (Lipinski definition) is 3. The minimum Gasteiger partial charge on any atom is -0.497 e. The van der Waals surface area contributed by atoms with E-state index in [2.05, 4.69) is 0 Å². The van der Waals surface area contributed by atoms with Crippen LogP contribution >= 0.6 is 12.2 Å². The van der Waals surface area contributed by atoms with E-state index in [0.717, 1.165) is 11.3 Å². The molecular formula is C13H12N2OS. The number of nitrogens with zero attached hydrogens (tertiary/aromatic N) is 1. The molecule has 1 aromatic rings. The van der Waals surface area contributed by atoms with Crippen LogP contribution in [0, 0.1) is 11.3 Å². The topological polar surface area (TPSA) is 59.0 Å².